The zero-order chi connectivity index (χ0) is 17.9. The Hall–Kier alpha value is -2.05. The van der Waals surface area contributed by atoms with E-state index >= 15 is 0 Å². The van der Waals surface area contributed by atoms with Crippen LogP contribution in [0.1, 0.15) is 17.4 Å². The highest BCUT2D eigenvalue weighted by atomic mass is 127. The van der Waals surface area contributed by atoms with Crippen LogP contribution in [0, 0.1) is 12.3 Å². The van der Waals surface area contributed by atoms with Gasteiger partial charge in [0, 0.05) is 29.2 Å². The number of benzene rings is 1. The summed E-state index contributed by atoms with van der Waals surface area (Å²) in [5.74, 6) is 2.99. The van der Waals surface area contributed by atoms with Gasteiger partial charge in [0.2, 0.25) is 5.91 Å². The molecule has 1 amide bonds. The first kappa shape index (κ1) is 22.0. The molecule has 0 radical (unpaired) electrons. The quantitative estimate of drug-likeness (QED) is 0.246. The van der Waals surface area contributed by atoms with E-state index < -0.39 is 0 Å². The lowest BCUT2D eigenvalue weighted by atomic mass is 10.2. The minimum Gasteiger partial charge on any atom is -0.357 e. The highest BCUT2D eigenvalue weighted by Crippen LogP contribution is 2.09. The van der Waals surface area contributed by atoms with E-state index in [4.69, 9.17) is 6.42 Å². The molecule has 0 atom stereocenters. The first-order valence-electron chi connectivity index (χ1n) is 8.12. The first-order valence-corrected chi connectivity index (χ1v) is 9.00. The van der Waals surface area contributed by atoms with E-state index in [2.05, 4.69) is 38.3 Å². The van der Waals surface area contributed by atoms with Crippen LogP contribution >= 0.6 is 35.3 Å². The summed E-state index contributed by atoms with van der Waals surface area (Å²) in [6.07, 6.45) is 6.29. The molecule has 0 spiro atoms. The third-order valence-electron chi connectivity index (χ3n) is 3.28. The van der Waals surface area contributed by atoms with E-state index in [1.54, 1.807) is 23.5 Å². The fourth-order valence-electron chi connectivity index (χ4n) is 2.14. The number of anilines is 1. The Bertz CT molecular complexity index is 753. The van der Waals surface area contributed by atoms with Gasteiger partial charge >= 0.3 is 0 Å². The number of terminal acetylenes is 1. The van der Waals surface area contributed by atoms with Gasteiger partial charge in [-0.2, -0.15) is 0 Å². The molecule has 0 fully saturated rings. The van der Waals surface area contributed by atoms with Crippen molar-refractivity contribution in [1.29, 1.82) is 0 Å². The van der Waals surface area contributed by atoms with Gasteiger partial charge in [0.05, 0.1) is 0 Å². The predicted octanol–water partition coefficient (Wildman–Crippen LogP) is 3.08. The zero-order valence-corrected chi connectivity index (χ0v) is 17.8. The maximum Gasteiger partial charge on any atom is 0.246 e. The van der Waals surface area contributed by atoms with Gasteiger partial charge in [-0.15, -0.1) is 41.7 Å². The number of hydrogen-bond donors (Lipinski definition) is 3. The SMILES string of the molecule is C#Cc1cccc(NC(=O)CN=C(NCC)NCCc2cccs2)c1.I. The van der Waals surface area contributed by atoms with E-state index in [-0.39, 0.29) is 36.4 Å². The number of halogens is 1. The second-order valence-electron chi connectivity index (χ2n) is 5.22. The van der Waals surface area contributed by atoms with Gasteiger partial charge in [0.1, 0.15) is 6.54 Å². The molecule has 0 aliphatic carbocycles. The average molecular weight is 482 g/mol. The van der Waals surface area contributed by atoms with Crippen LogP contribution in [0.15, 0.2) is 46.8 Å². The van der Waals surface area contributed by atoms with E-state index in [1.807, 2.05) is 25.1 Å². The minimum absolute atomic E-state index is 0. The molecule has 0 saturated carbocycles. The van der Waals surface area contributed by atoms with Gasteiger partial charge in [-0.3, -0.25) is 4.79 Å². The minimum atomic E-state index is -0.190. The van der Waals surface area contributed by atoms with Crippen LogP contribution in [-0.2, 0) is 11.2 Å². The van der Waals surface area contributed by atoms with Crippen LogP contribution in [0.2, 0.25) is 0 Å². The van der Waals surface area contributed by atoms with E-state index in [0.717, 1.165) is 25.1 Å². The molecule has 5 nitrogen and oxygen atoms in total. The number of nitrogens with one attached hydrogen (secondary N) is 3. The van der Waals surface area contributed by atoms with Crippen LogP contribution in [-0.4, -0.2) is 31.5 Å². The van der Waals surface area contributed by atoms with Gasteiger partial charge in [0.15, 0.2) is 5.96 Å². The fraction of sp³-hybridized carbons (Fsp3) is 0.263. The van der Waals surface area contributed by atoms with Crippen LogP contribution < -0.4 is 16.0 Å². The Balaban J connectivity index is 0.00000338. The van der Waals surface area contributed by atoms with E-state index in [0.29, 0.717) is 11.6 Å². The largest absolute Gasteiger partial charge is 0.357 e. The number of aliphatic imine (C=N–C) groups is 1. The molecule has 0 saturated heterocycles. The summed E-state index contributed by atoms with van der Waals surface area (Å²) in [6.45, 7) is 3.52. The molecule has 2 aromatic rings. The van der Waals surface area contributed by atoms with Crippen molar-refractivity contribution in [2.24, 2.45) is 4.99 Å². The molecule has 26 heavy (non-hydrogen) atoms. The van der Waals surface area contributed by atoms with Crippen molar-refractivity contribution in [1.82, 2.24) is 10.6 Å². The molecule has 1 aromatic carbocycles. The Labute approximate surface area is 175 Å². The topological polar surface area (TPSA) is 65.5 Å². The monoisotopic (exact) mass is 482 g/mol. The van der Waals surface area contributed by atoms with Crippen molar-refractivity contribution in [3.05, 3.63) is 52.2 Å². The van der Waals surface area contributed by atoms with Crippen molar-refractivity contribution in [2.75, 3.05) is 25.0 Å². The number of guanidine groups is 1. The van der Waals surface area contributed by atoms with Crippen LogP contribution in [0.5, 0.6) is 0 Å². The number of carbonyl (C=O) groups excluding carboxylic acids is 1. The third kappa shape index (κ3) is 7.89. The molecular weight excluding hydrogens is 459 g/mol. The maximum atomic E-state index is 12.1. The van der Waals surface area contributed by atoms with E-state index in [9.17, 15) is 4.79 Å². The summed E-state index contributed by atoms with van der Waals surface area (Å²) in [5.41, 5.74) is 1.40. The summed E-state index contributed by atoms with van der Waals surface area (Å²) in [7, 11) is 0. The molecule has 0 aliphatic heterocycles. The van der Waals surface area contributed by atoms with Crippen molar-refractivity contribution in [3.63, 3.8) is 0 Å². The summed E-state index contributed by atoms with van der Waals surface area (Å²) >= 11 is 1.73. The van der Waals surface area contributed by atoms with Crippen molar-refractivity contribution in [2.45, 2.75) is 13.3 Å². The first-order chi connectivity index (χ1) is 12.2. The van der Waals surface area contributed by atoms with Gasteiger partial charge < -0.3 is 16.0 Å². The molecule has 0 unspecified atom stereocenters. The van der Waals surface area contributed by atoms with Crippen molar-refractivity contribution in [3.8, 4) is 12.3 Å². The third-order valence-corrected chi connectivity index (χ3v) is 4.22. The number of rotatable bonds is 7. The van der Waals surface area contributed by atoms with Gasteiger partial charge in [-0.25, -0.2) is 4.99 Å². The number of amides is 1. The lowest BCUT2D eigenvalue weighted by Crippen LogP contribution is -2.39. The number of thiophene rings is 1. The average Bonchev–Trinajstić information content (AvgIpc) is 3.13. The lowest BCUT2D eigenvalue weighted by Gasteiger charge is -2.11. The molecular formula is C19H23IN4OS. The van der Waals surface area contributed by atoms with Gasteiger partial charge in [0.25, 0.3) is 0 Å². The Morgan fingerprint density at radius 2 is 2.12 bits per heavy atom. The molecule has 3 N–H and O–H groups in total. The van der Waals surface area contributed by atoms with Gasteiger partial charge in [-0.05, 0) is 43.0 Å². The summed E-state index contributed by atoms with van der Waals surface area (Å²) in [6, 6.07) is 11.3. The molecule has 1 heterocycles. The number of hydrogen-bond acceptors (Lipinski definition) is 3. The maximum absolute atomic E-state index is 12.1. The standard InChI is InChI=1S/C19H22N4OS.HI/c1-3-15-7-5-8-16(13-15)23-18(24)14-22-19(20-4-2)21-11-10-17-9-6-12-25-17;/h1,5-9,12-13H,4,10-11,14H2,2H3,(H,23,24)(H2,20,21,22);1H. The zero-order valence-electron chi connectivity index (χ0n) is 14.6. The second kappa shape index (κ2) is 12.3. The van der Waals surface area contributed by atoms with E-state index in [1.165, 1.54) is 4.88 Å². The molecule has 138 valence electrons. The second-order valence-corrected chi connectivity index (χ2v) is 6.26. The Morgan fingerprint density at radius 3 is 2.81 bits per heavy atom. The van der Waals surface area contributed by atoms with Crippen molar-refractivity contribution >= 4 is 52.9 Å². The van der Waals surface area contributed by atoms with Gasteiger partial charge in [-0.1, -0.05) is 18.1 Å². The normalized spacial score (nSPS) is 10.4. The number of carbonyl (C=O) groups is 1. The van der Waals surface area contributed by atoms with Crippen LogP contribution in [0.3, 0.4) is 0 Å². The molecule has 0 bridgehead atoms. The number of nitrogens with zero attached hydrogens (tertiary/aromatic N) is 1. The fourth-order valence-corrected chi connectivity index (χ4v) is 2.85. The summed E-state index contributed by atoms with van der Waals surface area (Å²) < 4.78 is 0. The lowest BCUT2D eigenvalue weighted by molar-refractivity contribution is -0.114. The molecule has 0 aliphatic rings. The molecule has 2 rings (SSSR count). The Morgan fingerprint density at radius 1 is 1.27 bits per heavy atom. The van der Waals surface area contributed by atoms with Crippen LogP contribution in [0.25, 0.3) is 0 Å². The smallest absolute Gasteiger partial charge is 0.246 e. The predicted molar refractivity (Wildman–Crippen MR) is 120 cm³/mol. The van der Waals surface area contributed by atoms with Crippen LogP contribution in [0.4, 0.5) is 5.69 Å². The Kier molecular flexibility index (Phi) is 10.4. The highest BCUT2D eigenvalue weighted by molar-refractivity contribution is 14.0. The summed E-state index contributed by atoms with van der Waals surface area (Å²) in [5, 5.41) is 11.2. The molecule has 1 aromatic heterocycles. The molecule has 7 heteroatoms. The highest BCUT2D eigenvalue weighted by Gasteiger charge is 2.04. The summed E-state index contributed by atoms with van der Waals surface area (Å²) in [4.78, 5) is 17.7. The van der Waals surface area contributed by atoms with Crippen molar-refractivity contribution < 1.29 is 4.79 Å².